The van der Waals surface area contributed by atoms with Crippen LogP contribution in [-0.2, 0) is 0 Å². The second-order valence-electron chi connectivity index (χ2n) is 4.18. The number of halogens is 1. The number of rotatable bonds is 2. The van der Waals surface area contributed by atoms with E-state index in [9.17, 15) is 0 Å². The van der Waals surface area contributed by atoms with Gasteiger partial charge in [0.2, 0.25) is 0 Å². The maximum Gasteiger partial charge on any atom is 0.102 e. The smallest absolute Gasteiger partial charge is 0.102 e. The SMILES string of the molecule is CCC(C)c1ccc2ncc(C#N)c(Cl)c2c1. The van der Waals surface area contributed by atoms with Gasteiger partial charge in [-0.15, -0.1) is 0 Å². The summed E-state index contributed by atoms with van der Waals surface area (Å²) in [5.74, 6) is 0.487. The average Bonchev–Trinajstić information content (AvgIpc) is 2.38. The first-order valence-electron chi connectivity index (χ1n) is 5.65. The summed E-state index contributed by atoms with van der Waals surface area (Å²) in [5, 5.41) is 10.3. The van der Waals surface area contributed by atoms with Crippen molar-refractivity contribution >= 4 is 22.5 Å². The van der Waals surface area contributed by atoms with Crippen molar-refractivity contribution in [3.05, 3.63) is 40.5 Å². The highest BCUT2D eigenvalue weighted by Gasteiger charge is 2.09. The Hall–Kier alpha value is -1.59. The first-order valence-corrected chi connectivity index (χ1v) is 6.03. The van der Waals surface area contributed by atoms with Gasteiger partial charge in [-0.3, -0.25) is 4.98 Å². The molecule has 0 saturated heterocycles. The molecule has 0 spiro atoms. The van der Waals surface area contributed by atoms with Gasteiger partial charge in [-0.2, -0.15) is 5.26 Å². The van der Waals surface area contributed by atoms with Crippen molar-refractivity contribution in [2.24, 2.45) is 0 Å². The number of aromatic nitrogens is 1. The molecule has 86 valence electrons. The standard InChI is InChI=1S/C14H13ClN2/c1-3-9(2)10-4-5-13-12(6-10)14(15)11(7-16)8-17-13/h4-6,8-9H,3H2,1-2H3. The van der Waals surface area contributed by atoms with E-state index >= 15 is 0 Å². The minimum Gasteiger partial charge on any atom is -0.255 e. The molecule has 17 heavy (non-hydrogen) atoms. The largest absolute Gasteiger partial charge is 0.255 e. The van der Waals surface area contributed by atoms with Crippen LogP contribution in [0, 0.1) is 11.3 Å². The van der Waals surface area contributed by atoms with Crippen molar-refractivity contribution < 1.29 is 0 Å². The van der Waals surface area contributed by atoms with Crippen LogP contribution in [0.2, 0.25) is 5.02 Å². The van der Waals surface area contributed by atoms with Crippen LogP contribution in [0.3, 0.4) is 0 Å². The quantitative estimate of drug-likeness (QED) is 0.791. The third-order valence-corrected chi connectivity index (χ3v) is 3.54. The van der Waals surface area contributed by atoms with Crippen molar-refractivity contribution in [1.82, 2.24) is 4.98 Å². The lowest BCUT2D eigenvalue weighted by molar-refractivity contribution is 0.734. The molecule has 0 radical (unpaired) electrons. The van der Waals surface area contributed by atoms with E-state index in [-0.39, 0.29) is 0 Å². The molecule has 1 atom stereocenters. The van der Waals surface area contributed by atoms with Crippen molar-refractivity contribution in [3.8, 4) is 6.07 Å². The van der Waals surface area contributed by atoms with Gasteiger partial charge in [0.25, 0.3) is 0 Å². The van der Waals surface area contributed by atoms with Crippen LogP contribution >= 0.6 is 11.6 Å². The van der Waals surface area contributed by atoms with Gasteiger partial charge < -0.3 is 0 Å². The molecule has 0 amide bonds. The molecule has 2 rings (SSSR count). The molecule has 1 heterocycles. The van der Waals surface area contributed by atoms with Crippen molar-refractivity contribution in [2.75, 3.05) is 0 Å². The summed E-state index contributed by atoms with van der Waals surface area (Å²) < 4.78 is 0. The van der Waals surface area contributed by atoms with E-state index in [0.717, 1.165) is 17.3 Å². The second kappa shape index (κ2) is 4.73. The lowest BCUT2D eigenvalue weighted by Crippen LogP contribution is -1.92. The molecule has 3 heteroatoms. The second-order valence-corrected chi connectivity index (χ2v) is 4.56. The summed E-state index contributed by atoms with van der Waals surface area (Å²) in [6, 6.07) is 8.13. The topological polar surface area (TPSA) is 36.7 Å². The lowest BCUT2D eigenvalue weighted by atomic mass is 9.97. The van der Waals surface area contributed by atoms with Gasteiger partial charge in [-0.1, -0.05) is 31.5 Å². The predicted molar refractivity (Wildman–Crippen MR) is 70.2 cm³/mol. The van der Waals surface area contributed by atoms with Crippen molar-refractivity contribution in [2.45, 2.75) is 26.2 Å². The van der Waals surface area contributed by atoms with Gasteiger partial charge in [-0.05, 0) is 30.0 Å². The fourth-order valence-electron chi connectivity index (χ4n) is 1.80. The van der Waals surface area contributed by atoms with E-state index in [1.807, 2.05) is 12.1 Å². The van der Waals surface area contributed by atoms with Crippen LogP contribution in [0.1, 0.15) is 37.3 Å². The Balaban J connectivity index is 2.67. The molecule has 0 aliphatic heterocycles. The van der Waals surface area contributed by atoms with E-state index in [2.05, 4.69) is 31.0 Å². The molecule has 2 aromatic rings. The zero-order valence-corrected chi connectivity index (χ0v) is 10.6. The normalized spacial score (nSPS) is 12.4. The fraction of sp³-hybridized carbons (Fsp3) is 0.286. The summed E-state index contributed by atoms with van der Waals surface area (Å²) in [4.78, 5) is 4.23. The van der Waals surface area contributed by atoms with E-state index in [1.54, 1.807) is 0 Å². The van der Waals surface area contributed by atoms with Crippen molar-refractivity contribution in [1.29, 1.82) is 5.26 Å². The zero-order chi connectivity index (χ0) is 12.4. The van der Waals surface area contributed by atoms with Crippen LogP contribution < -0.4 is 0 Å². The Morgan fingerprint density at radius 2 is 2.24 bits per heavy atom. The number of pyridine rings is 1. The molecule has 1 aromatic carbocycles. The first kappa shape index (κ1) is 11.9. The van der Waals surface area contributed by atoms with Crippen LogP contribution in [0.25, 0.3) is 10.9 Å². The number of hydrogen-bond acceptors (Lipinski definition) is 2. The maximum absolute atomic E-state index is 8.93. The number of fused-ring (bicyclic) bond motifs is 1. The van der Waals surface area contributed by atoms with Crippen LogP contribution in [0.15, 0.2) is 24.4 Å². The molecule has 0 fully saturated rings. The van der Waals surface area contributed by atoms with Gasteiger partial charge in [0.1, 0.15) is 6.07 Å². The third kappa shape index (κ3) is 2.11. The Kier molecular flexibility index (Phi) is 3.31. The average molecular weight is 245 g/mol. The Bertz CT molecular complexity index is 599. The highest BCUT2D eigenvalue weighted by Crippen LogP contribution is 2.29. The van der Waals surface area contributed by atoms with E-state index in [4.69, 9.17) is 16.9 Å². The van der Waals surface area contributed by atoms with E-state index in [0.29, 0.717) is 16.5 Å². The van der Waals surface area contributed by atoms with Gasteiger partial charge in [0.15, 0.2) is 0 Å². The molecule has 1 aromatic heterocycles. The first-order chi connectivity index (χ1) is 8.17. The van der Waals surface area contributed by atoms with E-state index in [1.165, 1.54) is 11.8 Å². The number of hydrogen-bond donors (Lipinski definition) is 0. The van der Waals surface area contributed by atoms with Crippen molar-refractivity contribution in [3.63, 3.8) is 0 Å². The summed E-state index contributed by atoms with van der Waals surface area (Å²) in [6.45, 7) is 4.33. The monoisotopic (exact) mass is 244 g/mol. The predicted octanol–water partition coefficient (Wildman–Crippen LogP) is 4.27. The van der Waals surface area contributed by atoms with Gasteiger partial charge in [0.05, 0.1) is 16.1 Å². The van der Waals surface area contributed by atoms with Crippen LogP contribution in [0.4, 0.5) is 0 Å². The minimum atomic E-state index is 0.431. The molecule has 1 unspecified atom stereocenters. The Morgan fingerprint density at radius 1 is 1.47 bits per heavy atom. The summed E-state index contributed by atoms with van der Waals surface area (Å²) in [6.07, 6.45) is 2.60. The Morgan fingerprint density at radius 3 is 2.88 bits per heavy atom. The van der Waals surface area contributed by atoms with Gasteiger partial charge in [-0.25, -0.2) is 0 Å². The number of nitriles is 1. The zero-order valence-electron chi connectivity index (χ0n) is 9.87. The number of benzene rings is 1. The Labute approximate surface area is 106 Å². The van der Waals surface area contributed by atoms with Gasteiger partial charge >= 0.3 is 0 Å². The highest BCUT2D eigenvalue weighted by atomic mass is 35.5. The molecular formula is C14H13ClN2. The van der Waals surface area contributed by atoms with Gasteiger partial charge in [0, 0.05) is 11.6 Å². The van der Waals surface area contributed by atoms with Crippen LogP contribution in [0.5, 0.6) is 0 Å². The lowest BCUT2D eigenvalue weighted by Gasteiger charge is -2.10. The summed E-state index contributed by atoms with van der Waals surface area (Å²) in [7, 11) is 0. The molecule has 0 saturated carbocycles. The fourth-order valence-corrected chi connectivity index (χ4v) is 2.04. The van der Waals surface area contributed by atoms with E-state index < -0.39 is 0 Å². The molecule has 0 aliphatic rings. The highest BCUT2D eigenvalue weighted by molar-refractivity contribution is 6.36. The molecular weight excluding hydrogens is 232 g/mol. The molecule has 0 aliphatic carbocycles. The minimum absolute atomic E-state index is 0.431. The molecule has 0 bridgehead atoms. The summed E-state index contributed by atoms with van der Waals surface area (Å²) >= 11 is 6.20. The summed E-state index contributed by atoms with van der Waals surface area (Å²) in [5.41, 5.74) is 2.50. The number of nitrogens with zero attached hydrogens (tertiary/aromatic N) is 2. The maximum atomic E-state index is 8.93. The third-order valence-electron chi connectivity index (χ3n) is 3.13. The van der Waals surface area contributed by atoms with Crippen LogP contribution in [-0.4, -0.2) is 4.98 Å². The molecule has 2 nitrogen and oxygen atoms in total. The molecule has 0 N–H and O–H groups in total.